The number of hydrogen-bond acceptors (Lipinski definition) is 5. The minimum Gasteiger partial charge on any atom is -0.469 e. The lowest BCUT2D eigenvalue weighted by Gasteiger charge is -2.35. The Balaban J connectivity index is 1.39. The highest BCUT2D eigenvalue weighted by atomic mass is 16.3. The molecule has 1 saturated heterocycles. The highest BCUT2D eigenvalue weighted by Crippen LogP contribution is 2.36. The molecule has 2 aromatic rings. The number of hydrogen-bond donors (Lipinski definition) is 2. The van der Waals surface area contributed by atoms with Gasteiger partial charge in [-0.05, 0) is 38.7 Å². The van der Waals surface area contributed by atoms with E-state index in [-0.39, 0.29) is 23.4 Å². The molecule has 2 aliphatic rings. The number of aromatic amines is 1. The monoisotopic (exact) mass is 342 g/mol. The number of carbonyl (C=O) groups is 1. The maximum atomic E-state index is 12.2. The molecule has 7 nitrogen and oxygen atoms in total. The molecule has 132 valence electrons. The third-order valence-electron chi connectivity index (χ3n) is 5.15. The zero-order valence-electron chi connectivity index (χ0n) is 14.2. The van der Waals surface area contributed by atoms with Gasteiger partial charge in [-0.25, -0.2) is 4.98 Å². The van der Waals surface area contributed by atoms with Gasteiger partial charge in [0.05, 0.1) is 17.5 Å². The Labute approximate surface area is 145 Å². The van der Waals surface area contributed by atoms with Crippen molar-refractivity contribution in [3.8, 4) is 0 Å². The fourth-order valence-corrected chi connectivity index (χ4v) is 3.61. The number of nitrogens with one attached hydrogen (secondary N) is 2. The Hall–Kier alpha value is -2.57. The molecule has 1 aliphatic carbocycles. The summed E-state index contributed by atoms with van der Waals surface area (Å²) < 4.78 is 5.17. The number of anilines is 1. The van der Waals surface area contributed by atoms with Crippen LogP contribution >= 0.6 is 0 Å². The SMILES string of the molecule is Cc1occc1C(=O)NC1CC(c2cc(=O)[nH]c(N3CCCC3)n2)C1. The van der Waals surface area contributed by atoms with Crippen LogP contribution in [-0.2, 0) is 0 Å². The van der Waals surface area contributed by atoms with Crippen molar-refractivity contribution in [2.24, 2.45) is 0 Å². The van der Waals surface area contributed by atoms with Gasteiger partial charge in [0, 0.05) is 31.1 Å². The van der Waals surface area contributed by atoms with Crippen molar-refractivity contribution in [1.29, 1.82) is 0 Å². The second-order valence-corrected chi connectivity index (χ2v) is 6.92. The lowest BCUT2D eigenvalue weighted by atomic mass is 9.78. The summed E-state index contributed by atoms with van der Waals surface area (Å²) in [5.74, 6) is 1.42. The van der Waals surface area contributed by atoms with Crippen molar-refractivity contribution in [2.45, 2.75) is 44.6 Å². The van der Waals surface area contributed by atoms with Crippen molar-refractivity contribution in [1.82, 2.24) is 15.3 Å². The number of aryl methyl sites for hydroxylation is 1. The smallest absolute Gasteiger partial charge is 0.255 e. The third-order valence-corrected chi connectivity index (χ3v) is 5.15. The first-order valence-corrected chi connectivity index (χ1v) is 8.81. The summed E-state index contributed by atoms with van der Waals surface area (Å²) in [5, 5.41) is 3.02. The summed E-state index contributed by atoms with van der Waals surface area (Å²) >= 11 is 0. The van der Waals surface area contributed by atoms with Crippen molar-refractivity contribution in [3.05, 3.63) is 45.8 Å². The highest BCUT2D eigenvalue weighted by molar-refractivity contribution is 5.95. The van der Waals surface area contributed by atoms with E-state index in [1.807, 2.05) is 0 Å². The van der Waals surface area contributed by atoms with Crippen molar-refractivity contribution < 1.29 is 9.21 Å². The van der Waals surface area contributed by atoms with E-state index in [1.54, 1.807) is 19.1 Å². The van der Waals surface area contributed by atoms with E-state index in [0.717, 1.165) is 44.5 Å². The van der Waals surface area contributed by atoms with Crippen LogP contribution in [0.5, 0.6) is 0 Å². The average molecular weight is 342 g/mol. The molecule has 25 heavy (non-hydrogen) atoms. The van der Waals surface area contributed by atoms with E-state index in [1.165, 1.54) is 6.26 Å². The standard InChI is InChI=1S/C18H22N4O3/c1-11-14(4-7-25-11)17(24)19-13-8-12(9-13)15-10-16(23)21-18(20-15)22-5-2-3-6-22/h4,7,10,12-13H,2-3,5-6,8-9H2,1H3,(H,19,24)(H,20,21,23). The molecule has 7 heteroatoms. The molecule has 1 aliphatic heterocycles. The van der Waals surface area contributed by atoms with Gasteiger partial charge >= 0.3 is 0 Å². The van der Waals surface area contributed by atoms with Crippen molar-refractivity contribution in [3.63, 3.8) is 0 Å². The van der Waals surface area contributed by atoms with E-state index >= 15 is 0 Å². The molecule has 2 fully saturated rings. The number of nitrogens with zero attached hydrogens (tertiary/aromatic N) is 2. The topological polar surface area (TPSA) is 91.2 Å². The molecule has 0 radical (unpaired) electrons. The first kappa shape index (κ1) is 15.9. The van der Waals surface area contributed by atoms with E-state index in [0.29, 0.717) is 17.3 Å². The summed E-state index contributed by atoms with van der Waals surface area (Å²) in [4.78, 5) is 33.8. The molecule has 2 aromatic heterocycles. The molecule has 0 atom stereocenters. The molecule has 1 saturated carbocycles. The molecule has 0 aromatic carbocycles. The van der Waals surface area contributed by atoms with Crippen LogP contribution in [-0.4, -0.2) is 35.0 Å². The van der Waals surface area contributed by atoms with E-state index in [9.17, 15) is 9.59 Å². The van der Waals surface area contributed by atoms with Gasteiger partial charge in [-0.1, -0.05) is 0 Å². The van der Waals surface area contributed by atoms with Crippen LogP contribution in [0, 0.1) is 6.92 Å². The van der Waals surface area contributed by atoms with Crippen molar-refractivity contribution >= 4 is 11.9 Å². The van der Waals surface area contributed by atoms with Gasteiger partial charge in [-0.3, -0.25) is 14.6 Å². The molecule has 2 N–H and O–H groups in total. The minimum atomic E-state index is -0.105. The predicted octanol–water partition coefficient (Wildman–Crippen LogP) is 1.95. The van der Waals surface area contributed by atoms with Crippen LogP contribution in [0.2, 0.25) is 0 Å². The maximum Gasteiger partial charge on any atom is 0.255 e. The number of H-pyrrole nitrogens is 1. The lowest BCUT2D eigenvalue weighted by molar-refractivity contribution is 0.0906. The first-order valence-electron chi connectivity index (χ1n) is 8.81. The average Bonchev–Trinajstić information content (AvgIpc) is 3.20. The van der Waals surface area contributed by atoms with Gasteiger partial charge in [0.1, 0.15) is 5.76 Å². The Morgan fingerprint density at radius 1 is 1.36 bits per heavy atom. The van der Waals surface area contributed by atoms with E-state index < -0.39 is 0 Å². The minimum absolute atomic E-state index is 0.103. The van der Waals surface area contributed by atoms with E-state index in [2.05, 4.69) is 20.2 Å². The van der Waals surface area contributed by atoms with Gasteiger partial charge in [0.25, 0.3) is 11.5 Å². The van der Waals surface area contributed by atoms with Gasteiger partial charge in [0.15, 0.2) is 0 Å². The van der Waals surface area contributed by atoms with Gasteiger partial charge in [-0.15, -0.1) is 0 Å². The van der Waals surface area contributed by atoms with E-state index in [4.69, 9.17) is 4.42 Å². The van der Waals surface area contributed by atoms with Gasteiger partial charge in [0.2, 0.25) is 5.95 Å². The number of rotatable bonds is 4. The van der Waals surface area contributed by atoms with Gasteiger partial charge in [-0.2, -0.15) is 0 Å². The summed E-state index contributed by atoms with van der Waals surface area (Å²) in [5.41, 5.74) is 1.30. The summed E-state index contributed by atoms with van der Waals surface area (Å²) in [6.07, 6.45) is 5.41. The quantitative estimate of drug-likeness (QED) is 0.886. The Morgan fingerprint density at radius 2 is 2.12 bits per heavy atom. The van der Waals surface area contributed by atoms with Crippen LogP contribution in [0.4, 0.5) is 5.95 Å². The molecule has 4 rings (SSSR count). The van der Waals surface area contributed by atoms with Crippen LogP contribution in [0.1, 0.15) is 53.4 Å². The lowest BCUT2D eigenvalue weighted by Crippen LogP contribution is -2.44. The number of aromatic nitrogens is 2. The molecular formula is C18H22N4O3. The molecular weight excluding hydrogens is 320 g/mol. The van der Waals surface area contributed by atoms with Gasteiger partial charge < -0.3 is 14.6 Å². The second kappa shape index (κ2) is 6.38. The zero-order valence-corrected chi connectivity index (χ0v) is 14.2. The number of carbonyl (C=O) groups excluding carboxylic acids is 1. The Morgan fingerprint density at radius 3 is 2.80 bits per heavy atom. The summed E-state index contributed by atoms with van der Waals surface area (Å²) in [6.45, 7) is 3.66. The summed E-state index contributed by atoms with van der Waals surface area (Å²) in [6, 6.07) is 3.38. The molecule has 0 unspecified atom stereocenters. The second-order valence-electron chi connectivity index (χ2n) is 6.92. The summed E-state index contributed by atoms with van der Waals surface area (Å²) in [7, 11) is 0. The predicted molar refractivity (Wildman–Crippen MR) is 93.0 cm³/mol. The maximum absolute atomic E-state index is 12.2. The van der Waals surface area contributed by atoms with Crippen LogP contribution in [0.15, 0.2) is 27.6 Å². The molecule has 3 heterocycles. The first-order chi connectivity index (χ1) is 12.1. The van der Waals surface area contributed by atoms with Crippen molar-refractivity contribution in [2.75, 3.05) is 18.0 Å². The Bertz CT molecular complexity index is 829. The fraction of sp³-hybridized carbons (Fsp3) is 0.500. The third kappa shape index (κ3) is 3.18. The fourth-order valence-electron chi connectivity index (χ4n) is 3.61. The Kier molecular flexibility index (Phi) is 4.07. The molecule has 0 spiro atoms. The normalized spacial score (nSPS) is 22.7. The van der Waals surface area contributed by atoms with Crippen LogP contribution < -0.4 is 15.8 Å². The highest BCUT2D eigenvalue weighted by Gasteiger charge is 2.33. The number of furan rings is 1. The number of amides is 1. The largest absolute Gasteiger partial charge is 0.469 e. The molecule has 0 bridgehead atoms. The van der Waals surface area contributed by atoms with Crippen LogP contribution in [0.3, 0.4) is 0 Å². The zero-order chi connectivity index (χ0) is 17.4. The van der Waals surface area contributed by atoms with Crippen LogP contribution in [0.25, 0.3) is 0 Å². The molecule has 1 amide bonds.